The largest absolute Gasteiger partial charge is 0.493 e. The Balaban J connectivity index is 2.08. The summed E-state index contributed by atoms with van der Waals surface area (Å²) in [5.74, 6) is 1.06. The minimum absolute atomic E-state index is 0.157. The van der Waals surface area contributed by atoms with Crippen molar-refractivity contribution in [1.29, 1.82) is 0 Å². The number of fused-ring (bicyclic) bond motifs is 1. The van der Waals surface area contributed by atoms with Crippen LogP contribution < -0.4 is 18.9 Å². The van der Waals surface area contributed by atoms with Crippen molar-refractivity contribution in [1.82, 2.24) is 0 Å². The van der Waals surface area contributed by atoms with Gasteiger partial charge >= 0.3 is 5.69 Å². The van der Waals surface area contributed by atoms with E-state index in [2.05, 4.69) is 0 Å². The SMILES string of the molecule is COc1ccc(/C=C2\Cc3cc(OC)c(OC)c(OC)c3C2=O)cc1[N+](=O)[O-]. The van der Waals surface area contributed by atoms with E-state index in [9.17, 15) is 14.9 Å². The lowest BCUT2D eigenvalue weighted by Crippen LogP contribution is -2.03. The number of nitro groups is 1. The van der Waals surface area contributed by atoms with Gasteiger partial charge in [-0.05, 0) is 29.3 Å². The molecule has 0 unspecified atom stereocenters. The Morgan fingerprint density at radius 1 is 0.964 bits per heavy atom. The summed E-state index contributed by atoms with van der Waals surface area (Å²) in [6, 6.07) is 6.28. The maximum Gasteiger partial charge on any atom is 0.311 e. The number of rotatable bonds is 6. The van der Waals surface area contributed by atoms with E-state index in [4.69, 9.17) is 18.9 Å². The van der Waals surface area contributed by atoms with Crippen molar-refractivity contribution in [3.63, 3.8) is 0 Å². The number of Topliss-reactive ketones (excluding diaryl/α,β-unsaturated/α-hetero) is 1. The van der Waals surface area contributed by atoms with E-state index in [1.165, 1.54) is 40.6 Å². The molecule has 0 aliphatic heterocycles. The number of methoxy groups -OCH3 is 4. The molecule has 2 aromatic carbocycles. The van der Waals surface area contributed by atoms with Gasteiger partial charge in [-0.1, -0.05) is 6.07 Å². The highest BCUT2D eigenvalue weighted by Crippen LogP contribution is 2.46. The number of ketones is 1. The monoisotopic (exact) mass is 385 g/mol. The second kappa shape index (κ2) is 7.59. The number of hydrogen-bond donors (Lipinski definition) is 0. The summed E-state index contributed by atoms with van der Waals surface area (Å²) < 4.78 is 21.1. The van der Waals surface area contributed by atoms with Gasteiger partial charge in [-0.15, -0.1) is 0 Å². The third kappa shape index (κ3) is 3.13. The Morgan fingerprint density at radius 2 is 1.64 bits per heavy atom. The van der Waals surface area contributed by atoms with E-state index in [0.717, 1.165) is 5.56 Å². The predicted octanol–water partition coefficient (Wildman–Crippen LogP) is 3.45. The van der Waals surface area contributed by atoms with E-state index in [1.807, 2.05) is 0 Å². The molecule has 8 nitrogen and oxygen atoms in total. The smallest absolute Gasteiger partial charge is 0.311 e. The molecule has 0 saturated carbocycles. The highest BCUT2D eigenvalue weighted by Gasteiger charge is 2.33. The van der Waals surface area contributed by atoms with E-state index >= 15 is 0 Å². The Kier molecular flexibility index (Phi) is 5.21. The molecule has 0 amide bonds. The zero-order valence-electron chi connectivity index (χ0n) is 15.9. The Bertz CT molecular complexity index is 995. The number of carbonyl (C=O) groups is 1. The van der Waals surface area contributed by atoms with Crippen LogP contribution in [0.25, 0.3) is 6.08 Å². The van der Waals surface area contributed by atoms with Crippen molar-refractivity contribution in [3.8, 4) is 23.0 Å². The van der Waals surface area contributed by atoms with E-state index < -0.39 is 4.92 Å². The molecule has 0 aromatic heterocycles. The lowest BCUT2D eigenvalue weighted by molar-refractivity contribution is -0.385. The van der Waals surface area contributed by atoms with Crippen LogP contribution in [0.4, 0.5) is 5.69 Å². The van der Waals surface area contributed by atoms with E-state index in [1.54, 1.807) is 18.2 Å². The van der Waals surface area contributed by atoms with Crippen LogP contribution in [0, 0.1) is 10.1 Å². The molecular weight excluding hydrogens is 366 g/mol. The van der Waals surface area contributed by atoms with Gasteiger partial charge in [-0.2, -0.15) is 0 Å². The normalized spacial score (nSPS) is 14.0. The van der Waals surface area contributed by atoms with Crippen LogP contribution in [-0.2, 0) is 6.42 Å². The fourth-order valence-electron chi connectivity index (χ4n) is 3.30. The van der Waals surface area contributed by atoms with Crippen LogP contribution in [0.3, 0.4) is 0 Å². The average molecular weight is 385 g/mol. The molecule has 28 heavy (non-hydrogen) atoms. The van der Waals surface area contributed by atoms with Gasteiger partial charge in [-0.3, -0.25) is 14.9 Å². The summed E-state index contributed by atoms with van der Waals surface area (Å²) in [4.78, 5) is 23.7. The van der Waals surface area contributed by atoms with Crippen molar-refractivity contribution in [3.05, 3.63) is 56.6 Å². The third-order valence-electron chi connectivity index (χ3n) is 4.55. The minimum Gasteiger partial charge on any atom is -0.493 e. The Hall–Kier alpha value is -3.55. The molecule has 146 valence electrons. The molecule has 0 atom stereocenters. The van der Waals surface area contributed by atoms with Crippen LogP contribution in [-0.4, -0.2) is 39.1 Å². The van der Waals surface area contributed by atoms with E-state index in [0.29, 0.717) is 40.4 Å². The van der Waals surface area contributed by atoms with Crippen LogP contribution in [0.5, 0.6) is 23.0 Å². The second-order valence-electron chi connectivity index (χ2n) is 6.04. The maximum atomic E-state index is 13.0. The average Bonchev–Trinajstić information content (AvgIpc) is 3.01. The van der Waals surface area contributed by atoms with Crippen molar-refractivity contribution < 1.29 is 28.7 Å². The fourth-order valence-corrected chi connectivity index (χ4v) is 3.30. The number of nitrogens with zero attached hydrogens (tertiary/aromatic N) is 1. The van der Waals surface area contributed by atoms with Gasteiger partial charge in [0, 0.05) is 18.1 Å². The van der Waals surface area contributed by atoms with E-state index in [-0.39, 0.29) is 17.2 Å². The molecule has 1 aliphatic carbocycles. The van der Waals surface area contributed by atoms with Crippen LogP contribution >= 0.6 is 0 Å². The molecule has 8 heteroatoms. The molecule has 1 aliphatic rings. The Morgan fingerprint density at radius 3 is 2.21 bits per heavy atom. The number of allylic oxidation sites excluding steroid dienone is 1. The first kappa shape index (κ1) is 19.2. The number of hydrogen-bond acceptors (Lipinski definition) is 7. The van der Waals surface area contributed by atoms with Gasteiger partial charge in [0.15, 0.2) is 23.0 Å². The molecule has 0 spiro atoms. The van der Waals surface area contributed by atoms with Gasteiger partial charge in [0.1, 0.15) is 0 Å². The zero-order chi connectivity index (χ0) is 20.4. The van der Waals surface area contributed by atoms with Crippen molar-refractivity contribution in [2.24, 2.45) is 0 Å². The molecule has 0 heterocycles. The molecule has 0 saturated heterocycles. The van der Waals surface area contributed by atoms with Crippen LogP contribution in [0.15, 0.2) is 29.8 Å². The minimum atomic E-state index is -0.523. The topological polar surface area (TPSA) is 97.1 Å². The lowest BCUT2D eigenvalue weighted by Gasteiger charge is -2.14. The van der Waals surface area contributed by atoms with Crippen molar-refractivity contribution >= 4 is 17.5 Å². The van der Waals surface area contributed by atoms with Crippen LogP contribution in [0.2, 0.25) is 0 Å². The summed E-state index contributed by atoms with van der Waals surface area (Å²) in [5.41, 5.74) is 2.01. The maximum absolute atomic E-state index is 13.0. The summed E-state index contributed by atoms with van der Waals surface area (Å²) in [7, 11) is 5.80. The highest BCUT2D eigenvalue weighted by molar-refractivity contribution is 6.17. The first-order chi connectivity index (χ1) is 13.4. The van der Waals surface area contributed by atoms with Crippen LogP contribution in [0.1, 0.15) is 21.5 Å². The molecule has 0 bridgehead atoms. The van der Waals surface area contributed by atoms with Gasteiger partial charge in [-0.25, -0.2) is 0 Å². The molecule has 0 N–H and O–H groups in total. The zero-order valence-corrected chi connectivity index (χ0v) is 15.9. The number of ether oxygens (including phenoxy) is 4. The first-order valence-corrected chi connectivity index (χ1v) is 8.34. The molecular formula is C20H19NO7. The molecule has 0 radical (unpaired) electrons. The standard InChI is InChI=1S/C20H19NO7/c1-25-15-6-5-11(8-14(15)21(23)24)7-13-9-12-10-16(26-2)19(27-3)20(28-4)17(12)18(13)22/h5-8,10H,9H2,1-4H3/b13-7+. The van der Waals surface area contributed by atoms with Crippen molar-refractivity contribution in [2.45, 2.75) is 6.42 Å². The predicted molar refractivity (Wildman–Crippen MR) is 102 cm³/mol. The van der Waals surface area contributed by atoms with Gasteiger partial charge in [0.2, 0.25) is 5.75 Å². The van der Waals surface area contributed by atoms with Gasteiger partial charge < -0.3 is 18.9 Å². The number of carbonyl (C=O) groups excluding carboxylic acids is 1. The summed E-state index contributed by atoms with van der Waals surface area (Å²) >= 11 is 0. The summed E-state index contributed by atoms with van der Waals surface area (Å²) in [6.07, 6.45) is 1.98. The third-order valence-corrected chi connectivity index (χ3v) is 4.55. The first-order valence-electron chi connectivity index (χ1n) is 8.34. The number of nitro benzene ring substituents is 1. The molecule has 3 rings (SSSR count). The second-order valence-corrected chi connectivity index (χ2v) is 6.04. The molecule has 0 fully saturated rings. The van der Waals surface area contributed by atoms with Gasteiger partial charge in [0.05, 0.1) is 38.9 Å². The fraction of sp³-hybridized carbons (Fsp3) is 0.250. The summed E-state index contributed by atoms with van der Waals surface area (Å²) in [5, 5.41) is 11.2. The van der Waals surface area contributed by atoms with Crippen molar-refractivity contribution in [2.75, 3.05) is 28.4 Å². The summed E-state index contributed by atoms with van der Waals surface area (Å²) in [6.45, 7) is 0. The lowest BCUT2D eigenvalue weighted by atomic mass is 10.1. The molecule has 2 aromatic rings. The Labute approximate surface area is 161 Å². The number of benzene rings is 2. The highest BCUT2D eigenvalue weighted by atomic mass is 16.6. The van der Waals surface area contributed by atoms with Gasteiger partial charge in [0.25, 0.3) is 0 Å². The quantitative estimate of drug-likeness (QED) is 0.427.